The maximum Gasteiger partial charge on any atom is 0.220 e. The molecule has 100 valence electrons. The molecule has 1 amide bonds. The first-order valence-corrected chi connectivity index (χ1v) is 7.16. The summed E-state index contributed by atoms with van der Waals surface area (Å²) < 4.78 is 13.3. The largest absolute Gasteiger partial charge is 0.356 e. The first-order chi connectivity index (χ1) is 9.25. The highest BCUT2D eigenvalue weighted by molar-refractivity contribution is 7.09. The van der Waals surface area contributed by atoms with Crippen molar-refractivity contribution in [1.29, 1.82) is 0 Å². The predicted molar refractivity (Wildman–Crippen MR) is 75.8 cm³/mol. The Bertz CT molecular complexity index is 525. The molecule has 1 aromatic heterocycles. The van der Waals surface area contributed by atoms with Crippen LogP contribution in [0, 0.1) is 5.82 Å². The number of nitrogens with one attached hydrogen (secondary N) is 1. The van der Waals surface area contributed by atoms with Crippen molar-refractivity contribution in [3.63, 3.8) is 0 Å². The average molecular weight is 277 g/mol. The van der Waals surface area contributed by atoms with Crippen LogP contribution in [0.25, 0.3) is 0 Å². The molecule has 0 unspecified atom stereocenters. The third-order valence-corrected chi connectivity index (χ3v) is 3.79. The number of carbonyl (C=O) groups excluding carboxylic acids is 1. The van der Waals surface area contributed by atoms with Crippen LogP contribution in [0.5, 0.6) is 0 Å². The van der Waals surface area contributed by atoms with Gasteiger partial charge in [0, 0.05) is 17.8 Å². The fourth-order valence-corrected chi connectivity index (χ4v) is 2.53. The maximum atomic E-state index is 13.3. The normalized spacial score (nSPS) is 10.4. The van der Waals surface area contributed by atoms with Gasteiger partial charge in [-0.25, -0.2) is 4.39 Å². The summed E-state index contributed by atoms with van der Waals surface area (Å²) in [6.07, 6.45) is 1.62. The molecule has 1 N–H and O–H groups in total. The highest BCUT2D eigenvalue weighted by Gasteiger charge is 2.05. The Morgan fingerprint density at radius 3 is 2.74 bits per heavy atom. The molecule has 0 saturated carbocycles. The lowest BCUT2D eigenvalue weighted by Gasteiger charge is -2.05. The quantitative estimate of drug-likeness (QED) is 0.863. The van der Waals surface area contributed by atoms with Gasteiger partial charge in [-0.15, -0.1) is 11.3 Å². The van der Waals surface area contributed by atoms with Crippen molar-refractivity contribution in [2.45, 2.75) is 19.3 Å². The molecule has 0 bridgehead atoms. The summed E-state index contributed by atoms with van der Waals surface area (Å²) in [6.45, 7) is 0.636. The number of carbonyl (C=O) groups is 1. The lowest BCUT2D eigenvalue weighted by Crippen LogP contribution is -2.25. The van der Waals surface area contributed by atoms with Crippen molar-refractivity contribution in [2.75, 3.05) is 6.54 Å². The number of amides is 1. The molecule has 2 rings (SSSR count). The van der Waals surface area contributed by atoms with Crippen molar-refractivity contribution in [3.8, 4) is 0 Å². The van der Waals surface area contributed by atoms with Gasteiger partial charge in [0.1, 0.15) is 5.82 Å². The molecule has 19 heavy (non-hydrogen) atoms. The Morgan fingerprint density at radius 1 is 1.16 bits per heavy atom. The van der Waals surface area contributed by atoms with Gasteiger partial charge < -0.3 is 5.32 Å². The van der Waals surface area contributed by atoms with Gasteiger partial charge >= 0.3 is 0 Å². The van der Waals surface area contributed by atoms with E-state index in [0.29, 0.717) is 24.9 Å². The van der Waals surface area contributed by atoms with E-state index in [1.165, 1.54) is 10.9 Å². The fourth-order valence-electron chi connectivity index (χ4n) is 1.82. The Morgan fingerprint density at radius 2 is 2.00 bits per heavy atom. The lowest BCUT2D eigenvalue weighted by molar-refractivity contribution is -0.121. The predicted octanol–water partition coefficient (Wildman–Crippen LogP) is 3.18. The number of benzene rings is 1. The van der Waals surface area contributed by atoms with Gasteiger partial charge in [0.25, 0.3) is 0 Å². The molecule has 0 aliphatic carbocycles. The van der Waals surface area contributed by atoms with Crippen LogP contribution in [0.1, 0.15) is 16.9 Å². The number of aryl methyl sites for hydroxylation is 1. The summed E-state index contributed by atoms with van der Waals surface area (Å²) in [5.74, 6) is -0.270. The summed E-state index contributed by atoms with van der Waals surface area (Å²) in [6, 6.07) is 10.6. The zero-order valence-corrected chi connectivity index (χ0v) is 11.4. The SMILES string of the molecule is O=C(CCc1ccccc1F)NCCc1cccs1. The van der Waals surface area contributed by atoms with E-state index in [9.17, 15) is 9.18 Å². The van der Waals surface area contributed by atoms with Crippen molar-refractivity contribution in [3.05, 3.63) is 58.0 Å². The molecule has 0 spiro atoms. The van der Waals surface area contributed by atoms with E-state index in [4.69, 9.17) is 0 Å². The molecule has 1 aromatic carbocycles. The van der Waals surface area contributed by atoms with Crippen LogP contribution in [0.2, 0.25) is 0 Å². The molecule has 0 aliphatic heterocycles. The van der Waals surface area contributed by atoms with Gasteiger partial charge in [0.15, 0.2) is 0 Å². The van der Waals surface area contributed by atoms with E-state index in [1.807, 2.05) is 11.4 Å². The van der Waals surface area contributed by atoms with Crippen molar-refractivity contribution in [1.82, 2.24) is 5.32 Å². The van der Waals surface area contributed by atoms with Gasteiger partial charge in [-0.05, 0) is 35.9 Å². The topological polar surface area (TPSA) is 29.1 Å². The van der Waals surface area contributed by atoms with Crippen molar-refractivity contribution in [2.24, 2.45) is 0 Å². The molecule has 0 fully saturated rings. The van der Waals surface area contributed by atoms with Gasteiger partial charge in [-0.3, -0.25) is 4.79 Å². The van der Waals surface area contributed by atoms with Crippen LogP contribution in [0.3, 0.4) is 0 Å². The molecule has 0 radical (unpaired) electrons. The first kappa shape index (κ1) is 13.7. The molecule has 0 saturated heterocycles. The first-order valence-electron chi connectivity index (χ1n) is 6.28. The van der Waals surface area contributed by atoms with E-state index < -0.39 is 0 Å². The van der Waals surface area contributed by atoms with Crippen LogP contribution >= 0.6 is 11.3 Å². The number of thiophene rings is 1. The number of hydrogen-bond acceptors (Lipinski definition) is 2. The minimum Gasteiger partial charge on any atom is -0.356 e. The van der Waals surface area contributed by atoms with E-state index in [1.54, 1.807) is 29.5 Å². The maximum absolute atomic E-state index is 13.3. The third kappa shape index (κ3) is 4.48. The minimum atomic E-state index is -0.242. The van der Waals surface area contributed by atoms with E-state index in [-0.39, 0.29) is 11.7 Å². The lowest BCUT2D eigenvalue weighted by atomic mass is 10.1. The Kier molecular flexibility index (Phi) is 5.10. The summed E-state index contributed by atoms with van der Waals surface area (Å²) in [5.41, 5.74) is 0.593. The molecule has 1 heterocycles. The monoisotopic (exact) mass is 277 g/mol. The molecular formula is C15H16FNOS. The van der Waals surface area contributed by atoms with E-state index >= 15 is 0 Å². The summed E-state index contributed by atoms with van der Waals surface area (Å²) in [7, 11) is 0. The van der Waals surface area contributed by atoms with Gasteiger partial charge in [0.2, 0.25) is 5.91 Å². The second-order valence-electron chi connectivity index (χ2n) is 4.27. The Hall–Kier alpha value is -1.68. The Labute approximate surface area is 116 Å². The zero-order valence-electron chi connectivity index (χ0n) is 10.6. The van der Waals surface area contributed by atoms with Crippen LogP contribution in [-0.2, 0) is 17.6 Å². The number of halogens is 1. The van der Waals surface area contributed by atoms with E-state index in [0.717, 1.165) is 6.42 Å². The van der Waals surface area contributed by atoms with Crippen LogP contribution in [-0.4, -0.2) is 12.5 Å². The summed E-state index contributed by atoms with van der Waals surface area (Å²) >= 11 is 1.69. The second-order valence-corrected chi connectivity index (χ2v) is 5.30. The molecule has 2 nitrogen and oxygen atoms in total. The second kappa shape index (κ2) is 7.04. The van der Waals surface area contributed by atoms with Gasteiger partial charge in [0.05, 0.1) is 0 Å². The molecule has 2 aromatic rings. The van der Waals surface area contributed by atoms with Crippen molar-refractivity contribution < 1.29 is 9.18 Å². The molecular weight excluding hydrogens is 261 g/mol. The Balaban J connectivity index is 1.69. The van der Waals surface area contributed by atoms with Crippen LogP contribution < -0.4 is 5.32 Å². The third-order valence-electron chi connectivity index (χ3n) is 2.85. The average Bonchev–Trinajstić information content (AvgIpc) is 2.91. The molecule has 0 atom stereocenters. The standard InChI is InChI=1S/C15H16FNOS/c16-14-6-2-1-4-12(14)7-8-15(18)17-10-9-13-5-3-11-19-13/h1-6,11H,7-10H2,(H,17,18). The smallest absolute Gasteiger partial charge is 0.220 e. The van der Waals surface area contributed by atoms with Crippen LogP contribution in [0.15, 0.2) is 41.8 Å². The number of hydrogen-bond donors (Lipinski definition) is 1. The van der Waals surface area contributed by atoms with Crippen LogP contribution in [0.4, 0.5) is 4.39 Å². The van der Waals surface area contributed by atoms with Gasteiger partial charge in [-0.1, -0.05) is 24.3 Å². The molecule has 0 aliphatic rings. The van der Waals surface area contributed by atoms with E-state index in [2.05, 4.69) is 11.4 Å². The van der Waals surface area contributed by atoms with Crippen molar-refractivity contribution >= 4 is 17.2 Å². The summed E-state index contributed by atoms with van der Waals surface area (Å²) in [4.78, 5) is 12.9. The highest BCUT2D eigenvalue weighted by atomic mass is 32.1. The van der Waals surface area contributed by atoms with Gasteiger partial charge in [-0.2, -0.15) is 0 Å². The highest BCUT2D eigenvalue weighted by Crippen LogP contribution is 2.09. The summed E-state index contributed by atoms with van der Waals surface area (Å²) in [5, 5.41) is 4.88. The fraction of sp³-hybridized carbons (Fsp3) is 0.267. The minimum absolute atomic E-state index is 0.0280. The molecule has 4 heteroatoms. The number of rotatable bonds is 6. The zero-order chi connectivity index (χ0) is 13.5.